The average Bonchev–Trinajstić information content (AvgIpc) is 2.52. The second-order valence-corrected chi connectivity index (χ2v) is 5.96. The molecule has 1 heterocycles. The number of carbonyl (C=O) groups is 1. The molecule has 22 heavy (non-hydrogen) atoms. The highest BCUT2D eigenvalue weighted by Gasteiger charge is 2.19. The second-order valence-electron chi connectivity index (χ2n) is 5.52. The van der Waals surface area contributed by atoms with Gasteiger partial charge in [0.25, 0.3) is 0 Å². The monoisotopic (exact) mass is 325 g/mol. The molecule has 5 nitrogen and oxygen atoms in total. The molecule has 122 valence electrons. The third-order valence-corrected chi connectivity index (χ3v) is 4.01. The summed E-state index contributed by atoms with van der Waals surface area (Å²) >= 11 is 5.88. The zero-order chi connectivity index (χ0) is 15.8. The van der Waals surface area contributed by atoms with Crippen LogP contribution in [-0.2, 0) is 4.79 Å². The van der Waals surface area contributed by atoms with Crippen LogP contribution in [0.1, 0.15) is 12.8 Å². The van der Waals surface area contributed by atoms with Crippen molar-refractivity contribution in [2.24, 2.45) is 0 Å². The molecule has 2 rings (SSSR count). The first-order valence-corrected chi connectivity index (χ1v) is 8.10. The van der Waals surface area contributed by atoms with E-state index in [4.69, 9.17) is 16.3 Å². The van der Waals surface area contributed by atoms with Gasteiger partial charge < -0.3 is 15.4 Å². The Hall–Kier alpha value is -1.30. The molecule has 6 heteroatoms. The van der Waals surface area contributed by atoms with Gasteiger partial charge in [-0.3, -0.25) is 9.69 Å². The first-order chi connectivity index (χ1) is 10.7. The molecule has 0 bridgehead atoms. The summed E-state index contributed by atoms with van der Waals surface area (Å²) in [6.45, 7) is 3.31. The molecule has 1 aromatic carbocycles. The quantitative estimate of drug-likeness (QED) is 0.746. The Labute approximate surface area is 137 Å². The summed E-state index contributed by atoms with van der Waals surface area (Å²) in [5, 5.41) is 6.81. The number of hydrogen-bond acceptors (Lipinski definition) is 4. The number of carbonyl (C=O) groups excluding carboxylic acids is 1. The Bertz CT molecular complexity index is 484. The van der Waals surface area contributed by atoms with Gasteiger partial charge >= 0.3 is 0 Å². The molecule has 1 fully saturated rings. The molecule has 1 atom stereocenters. The van der Waals surface area contributed by atoms with Crippen molar-refractivity contribution in [2.45, 2.75) is 18.9 Å². The van der Waals surface area contributed by atoms with E-state index in [9.17, 15) is 4.79 Å². The number of nitrogens with one attached hydrogen (secondary N) is 2. The Morgan fingerprint density at radius 1 is 1.50 bits per heavy atom. The number of nitrogens with zero attached hydrogens (tertiary/aromatic N) is 1. The van der Waals surface area contributed by atoms with Crippen LogP contribution in [0.25, 0.3) is 0 Å². The topological polar surface area (TPSA) is 53.6 Å². The minimum atomic E-state index is 0.0476. The van der Waals surface area contributed by atoms with E-state index >= 15 is 0 Å². The summed E-state index contributed by atoms with van der Waals surface area (Å²) in [7, 11) is 1.97. The number of ether oxygens (including phenoxy) is 1. The van der Waals surface area contributed by atoms with Crippen LogP contribution in [0.5, 0.6) is 5.75 Å². The Morgan fingerprint density at radius 2 is 2.36 bits per heavy atom. The summed E-state index contributed by atoms with van der Waals surface area (Å²) in [5.74, 6) is 0.765. The van der Waals surface area contributed by atoms with Gasteiger partial charge in [0.05, 0.1) is 13.1 Å². The molecule has 0 spiro atoms. The zero-order valence-electron chi connectivity index (χ0n) is 13.0. The smallest absolute Gasteiger partial charge is 0.234 e. The second kappa shape index (κ2) is 8.98. The molecule has 1 aliphatic heterocycles. The summed E-state index contributed by atoms with van der Waals surface area (Å²) in [6.07, 6.45) is 2.32. The van der Waals surface area contributed by atoms with Gasteiger partial charge in [0.2, 0.25) is 5.91 Å². The first kappa shape index (κ1) is 17.1. The molecule has 1 aliphatic rings. The third-order valence-electron chi connectivity index (χ3n) is 3.77. The Kier molecular flexibility index (Phi) is 6.96. The number of amides is 1. The van der Waals surface area contributed by atoms with E-state index in [1.807, 2.05) is 19.2 Å². The molecule has 0 aromatic heterocycles. The van der Waals surface area contributed by atoms with Crippen molar-refractivity contribution < 1.29 is 9.53 Å². The molecular weight excluding hydrogens is 302 g/mol. The highest BCUT2D eigenvalue weighted by molar-refractivity contribution is 6.30. The van der Waals surface area contributed by atoms with Gasteiger partial charge in [-0.05, 0) is 44.6 Å². The largest absolute Gasteiger partial charge is 0.492 e. The third kappa shape index (κ3) is 5.83. The summed E-state index contributed by atoms with van der Waals surface area (Å²) < 4.78 is 5.54. The SMILES string of the molecule is CNC1CCCN(CC(=O)NCCOc2cccc(Cl)c2)C1. The predicted molar refractivity (Wildman–Crippen MR) is 88.5 cm³/mol. The van der Waals surface area contributed by atoms with Gasteiger partial charge in [0.1, 0.15) is 12.4 Å². The lowest BCUT2D eigenvalue weighted by molar-refractivity contribution is -0.122. The molecule has 2 N–H and O–H groups in total. The van der Waals surface area contributed by atoms with Crippen LogP contribution in [0.4, 0.5) is 0 Å². The minimum absolute atomic E-state index is 0.0476. The number of likely N-dealkylation sites (N-methyl/N-ethyl adjacent to an activating group) is 1. The van der Waals surface area contributed by atoms with E-state index in [1.165, 1.54) is 6.42 Å². The van der Waals surface area contributed by atoms with Crippen LogP contribution in [-0.4, -0.2) is 56.7 Å². The van der Waals surface area contributed by atoms with Crippen molar-refractivity contribution in [3.8, 4) is 5.75 Å². The van der Waals surface area contributed by atoms with Crippen LogP contribution in [0.3, 0.4) is 0 Å². The van der Waals surface area contributed by atoms with Crippen molar-refractivity contribution in [1.82, 2.24) is 15.5 Å². The highest BCUT2D eigenvalue weighted by atomic mass is 35.5. The number of piperidine rings is 1. The zero-order valence-corrected chi connectivity index (χ0v) is 13.7. The van der Waals surface area contributed by atoms with Gasteiger partial charge in [-0.2, -0.15) is 0 Å². The van der Waals surface area contributed by atoms with Gasteiger partial charge in [-0.1, -0.05) is 17.7 Å². The average molecular weight is 326 g/mol. The maximum Gasteiger partial charge on any atom is 0.234 e. The normalized spacial score (nSPS) is 18.9. The van der Waals surface area contributed by atoms with E-state index in [0.717, 1.165) is 25.3 Å². The van der Waals surface area contributed by atoms with Crippen molar-refractivity contribution in [3.05, 3.63) is 29.3 Å². The highest BCUT2D eigenvalue weighted by Crippen LogP contribution is 2.16. The lowest BCUT2D eigenvalue weighted by Crippen LogP contribution is -2.48. The fraction of sp³-hybridized carbons (Fsp3) is 0.562. The molecular formula is C16H24ClN3O2. The maximum absolute atomic E-state index is 11.9. The minimum Gasteiger partial charge on any atom is -0.492 e. The maximum atomic E-state index is 11.9. The van der Waals surface area contributed by atoms with E-state index in [0.29, 0.717) is 30.8 Å². The number of likely N-dealkylation sites (tertiary alicyclic amines) is 1. The fourth-order valence-electron chi connectivity index (χ4n) is 2.61. The fourth-order valence-corrected chi connectivity index (χ4v) is 2.79. The van der Waals surface area contributed by atoms with Crippen molar-refractivity contribution in [2.75, 3.05) is 39.8 Å². The Balaban J connectivity index is 1.61. The van der Waals surface area contributed by atoms with E-state index in [-0.39, 0.29) is 5.91 Å². The summed E-state index contributed by atoms with van der Waals surface area (Å²) in [5.41, 5.74) is 0. The predicted octanol–water partition coefficient (Wildman–Crippen LogP) is 1.52. The summed E-state index contributed by atoms with van der Waals surface area (Å²) in [6, 6.07) is 7.74. The van der Waals surface area contributed by atoms with Crippen LogP contribution in [0.15, 0.2) is 24.3 Å². The molecule has 1 aromatic rings. The van der Waals surface area contributed by atoms with Gasteiger partial charge in [-0.15, -0.1) is 0 Å². The molecule has 0 aliphatic carbocycles. The van der Waals surface area contributed by atoms with Gasteiger partial charge in [-0.25, -0.2) is 0 Å². The van der Waals surface area contributed by atoms with Gasteiger partial charge in [0, 0.05) is 17.6 Å². The number of benzene rings is 1. The van der Waals surface area contributed by atoms with Crippen LogP contribution >= 0.6 is 11.6 Å². The number of hydrogen-bond donors (Lipinski definition) is 2. The number of halogens is 1. The lowest BCUT2D eigenvalue weighted by Gasteiger charge is -2.31. The molecule has 1 unspecified atom stereocenters. The molecule has 0 saturated carbocycles. The molecule has 0 radical (unpaired) electrons. The summed E-state index contributed by atoms with van der Waals surface area (Å²) in [4.78, 5) is 14.1. The lowest BCUT2D eigenvalue weighted by atomic mass is 10.1. The van der Waals surface area contributed by atoms with Crippen LogP contribution in [0, 0.1) is 0 Å². The standard InChI is InChI=1S/C16H24ClN3O2/c1-18-14-5-3-8-20(11-14)12-16(21)19-7-9-22-15-6-2-4-13(17)10-15/h2,4,6,10,14,18H,3,5,7-9,11-12H2,1H3,(H,19,21). The van der Waals surface area contributed by atoms with E-state index in [1.54, 1.807) is 12.1 Å². The number of rotatable bonds is 7. The van der Waals surface area contributed by atoms with Crippen molar-refractivity contribution in [1.29, 1.82) is 0 Å². The Morgan fingerprint density at radius 3 is 3.14 bits per heavy atom. The first-order valence-electron chi connectivity index (χ1n) is 7.72. The van der Waals surface area contributed by atoms with Gasteiger partial charge in [0.15, 0.2) is 0 Å². The van der Waals surface area contributed by atoms with E-state index in [2.05, 4.69) is 15.5 Å². The van der Waals surface area contributed by atoms with Crippen LogP contribution < -0.4 is 15.4 Å². The van der Waals surface area contributed by atoms with Crippen molar-refractivity contribution >= 4 is 17.5 Å². The van der Waals surface area contributed by atoms with Crippen molar-refractivity contribution in [3.63, 3.8) is 0 Å². The molecule has 1 amide bonds. The van der Waals surface area contributed by atoms with E-state index < -0.39 is 0 Å². The van der Waals surface area contributed by atoms with Crippen LogP contribution in [0.2, 0.25) is 5.02 Å². The molecule has 1 saturated heterocycles.